The molecule has 1 atom stereocenters. The van der Waals surface area contributed by atoms with Gasteiger partial charge in [0.2, 0.25) is 0 Å². The molecule has 0 aliphatic carbocycles. The van der Waals surface area contributed by atoms with Gasteiger partial charge in [-0.15, -0.1) is 0 Å². The number of nitrogens with zero attached hydrogens (tertiary/aromatic N) is 1. The summed E-state index contributed by atoms with van der Waals surface area (Å²) in [5, 5.41) is 4.15. The van der Waals surface area contributed by atoms with Crippen molar-refractivity contribution in [1.82, 2.24) is 0 Å². The van der Waals surface area contributed by atoms with Gasteiger partial charge in [0.15, 0.2) is 0 Å². The van der Waals surface area contributed by atoms with Crippen LogP contribution in [-0.4, -0.2) is 18.3 Å². The van der Waals surface area contributed by atoms with Gasteiger partial charge in [-0.05, 0) is 24.6 Å². The molecule has 3 rings (SSSR count). The van der Waals surface area contributed by atoms with Crippen molar-refractivity contribution in [3.05, 3.63) is 58.6 Å². The van der Waals surface area contributed by atoms with E-state index in [-0.39, 0.29) is 6.04 Å². The number of rotatable bonds is 2. The topological polar surface area (TPSA) is 50.4 Å². The Hall–Kier alpha value is -1.84. The van der Waals surface area contributed by atoms with Gasteiger partial charge < -0.3 is 11.1 Å². The van der Waals surface area contributed by atoms with Crippen LogP contribution >= 0.6 is 11.6 Å². The zero-order chi connectivity index (χ0) is 14.1. The highest BCUT2D eigenvalue weighted by Crippen LogP contribution is 2.35. The maximum absolute atomic E-state index is 6.30. The number of aryl methyl sites for hydroxylation is 1. The molecule has 0 saturated carbocycles. The van der Waals surface area contributed by atoms with Gasteiger partial charge in [0.1, 0.15) is 0 Å². The molecule has 102 valence electrons. The van der Waals surface area contributed by atoms with Crippen molar-refractivity contribution < 1.29 is 0 Å². The molecule has 1 aliphatic rings. The molecule has 4 heteroatoms. The largest absolute Gasteiger partial charge is 0.374 e. The predicted molar refractivity (Wildman–Crippen MR) is 85.3 cm³/mol. The monoisotopic (exact) mass is 285 g/mol. The molecule has 1 aliphatic heterocycles. The minimum atomic E-state index is -0.0239. The summed E-state index contributed by atoms with van der Waals surface area (Å²) in [6.45, 7) is 2.52. The van der Waals surface area contributed by atoms with E-state index in [1.165, 1.54) is 0 Å². The number of para-hydroxylation sites is 1. The van der Waals surface area contributed by atoms with E-state index in [1.807, 2.05) is 36.4 Å². The maximum Gasteiger partial charge on any atom is 0.0894 e. The molecule has 3 N–H and O–H groups in total. The Kier molecular flexibility index (Phi) is 3.47. The summed E-state index contributed by atoms with van der Waals surface area (Å²) in [5.74, 6) is 0. The Morgan fingerprint density at radius 1 is 1.20 bits per heavy atom. The van der Waals surface area contributed by atoms with Gasteiger partial charge in [-0.2, -0.15) is 0 Å². The van der Waals surface area contributed by atoms with Crippen molar-refractivity contribution in [1.29, 1.82) is 0 Å². The molecule has 0 bridgehead atoms. The molecule has 0 radical (unpaired) electrons. The third-order valence-corrected chi connectivity index (χ3v) is 3.84. The molecule has 2 aromatic rings. The Bertz CT molecular complexity index is 679. The highest BCUT2D eigenvalue weighted by atomic mass is 35.5. The summed E-state index contributed by atoms with van der Waals surface area (Å²) in [5.41, 5.74) is 10.9. The maximum atomic E-state index is 6.30. The molecule has 3 nitrogen and oxygen atoms in total. The predicted octanol–water partition coefficient (Wildman–Crippen LogP) is 3.52. The first-order chi connectivity index (χ1) is 9.70. The molecule has 0 spiro atoms. The SMILES string of the molecule is Cc1cccc2c1N=C(c1ccccc1Cl)C(CN)N2. The van der Waals surface area contributed by atoms with Crippen molar-refractivity contribution in [2.45, 2.75) is 13.0 Å². The van der Waals surface area contributed by atoms with Crippen LogP contribution in [0.4, 0.5) is 11.4 Å². The molecular weight excluding hydrogens is 270 g/mol. The number of nitrogens with two attached hydrogens (primary N) is 1. The summed E-state index contributed by atoms with van der Waals surface area (Å²) < 4.78 is 0. The van der Waals surface area contributed by atoms with Gasteiger partial charge in [-0.1, -0.05) is 41.9 Å². The first-order valence-electron chi connectivity index (χ1n) is 6.60. The van der Waals surface area contributed by atoms with E-state index in [4.69, 9.17) is 22.3 Å². The number of hydrogen-bond donors (Lipinski definition) is 2. The van der Waals surface area contributed by atoms with E-state index in [0.717, 1.165) is 28.2 Å². The van der Waals surface area contributed by atoms with Crippen molar-refractivity contribution >= 4 is 28.7 Å². The minimum absolute atomic E-state index is 0.0239. The summed E-state index contributed by atoms with van der Waals surface area (Å²) in [4.78, 5) is 4.82. The van der Waals surface area contributed by atoms with E-state index in [1.54, 1.807) is 0 Å². The third-order valence-electron chi connectivity index (χ3n) is 3.52. The van der Waals surface area contributed by atoms with Crippen LogP contribution in [0.1, 0.15) is 11.1 Å². The van der Waals surface area contributed by atoms with Crippen LogP contribution < -0.4 is 11.1 Å². The normalized spacial score (nSPS) is 17.1. The summed E-state index contributed by atoms with van der Waals surface area (Å²) in [7, 11) is 0. The van der Waals surface area contributed by atoms with E-state index in [0.29, 0.717) is 11.6 Å². The number of fused-ring (bicyclic) bond motifs is 1. The van der Waals surface area contributed by atoms with Gasteiger partial charge >= 0.3 is 0 Å². The lowest BCUT2D eigenvalue weighted by molar-refractivity contribution is 0.903. The van der Waals surface area contributed by atoms with Gasteiger partial charge in [-0.25, -0.2) is 4.99 Å². The molecule has 20 heavy (non-hydrogen) atoms. The molecular formula is C16H16ClN3. The van der Waals surface area contributed by atoms with Crippen molar-refractivity contribution in [2.24, 2.45) is 10.7 Å². The van der Waals surface area contributed by atoms with Gasteiger partial charge in [0, 0.05) is 17.1 Å². The Morgan fingerprint density at radius 2 is 2.00 bits per heavy atom. The van der Waals surface area contributed by atoms with Gasteiger partial charge in [-0.3, -0.25) is 0 Å². The van der Waals surface area contributed by atoms with Crippen LogP contribution in [0.5, 0.6) is 0 Å². The second kappa shape index (κ2) is 5.27. The number of nitrogens with one attached hydrogen (secondary N) is 1. The van der Waals surface area contributed by atoms with Gasteiger partial charge in [0.05, 0.1) is 23.1 Å². The fraction of sp³-hybridized carbons (Fsp3) is 0.188. The lowest BCUT2D eigenvalue weighted by Gasteiger charge is -2.27. The molecule has 0 fully saturated rings. The highest BCUT2D eigenvalue weighted by Gasteiger charge is 2.24. The highest BCUT2D eigenvalue weighted by molar-refractivity contribution is 6.35. The number of benzene rings is 2. The number of halogens is 1. The van der Waals surface area contributed by atoms with Crippen LogP contribution in [0.15, 0.2) is 47.5 Å². The number of hydrogen-bond acceptors (Lipinski definition) is 3. The number of aliphatic imine (C=N–C) groups is 1. The lowest BCUT2D eigenvalue weighted by Crippen LogP contribution is -2.39. The Morgan fingerprint density at radius 3 is 2.75 bits per heavy atom. The molecule has 2 aromatic carbocycles. The van der Waals surface area contributed by atoms with Crippen LogP contribution in [0.3, 0.4) is 0 Å². The zero-order valence-electron chi connectivity index (χ0n) is 11.2. The molecule has 0 aromatic heterocycles. The summed E-state index contributed by atoms with van der Waals surface area (Å²) in [6, 6.07) is 13.8. The average Bonchev–Trinajstić information content (AvgIpc) is 2.47. The fourth-order valence-corrected chi connectivity index (χ4v) is 2.70. The van der Waals surface area contributed by atoms with Crippen LogP contribution in [-0.2, 0) is 0 Å². The molecule has 1 unspecified atom stereocenters. The number of anilines is 1. The average molecular weight is 286 g/mol. The zero-order valence-corrected chi connectivity index (χ0v) is 12.0. The van der Waals surface area contributed by atoms with Crippen LogP contribution in [0, 0.1) is 6.92 Å². The lowest BCUT2D eigenvalue weighted by atomic mass is 9.99. The Balaban J connectivity index is 2.18. The van der Waals surface area contributed by atoms with Crippen molar-refractivity contribution in [3.63, 3.8) is 0 Å². The standard InChI is InChI=1S/C16H16ClN3/c1-10-5-4-8-13-15(10)20-16(14(9-18)19-13)11-6-2-3-7-12(11)17/h2-8,14,19H,9,18H2,1H3. The second-order valence-electron chi connectivity index (χ2n) is 4.88. The van der Waals surface area contributed by atoms with Crippen LogP contribution in [0.2, 0.25) is 5.02 Å². The third kappa shape index (κ3) is 2.19. The smallest absolute Gasteiger partial charge is 0.0894 e. The van der Waals surface area contributed by atoms with E-state index in [9.17, 15) is 0 Å². The van der Waals surface area contributed by atoms with Crippen LogP contribution in [0.25, 0.3) is 0 Å². The van der Waals surface area contributed by atoms with E-state index in [2.05, 4.69) is 18.3 Å². The summed E-state index contributed by atoms with van der Waals surface area (Å²) >= 11 is 6.30. The molecule has 1 heterocycles. The van der Waals surface area contributed by atoms with Crippen molar-refractivity contribution in [2.75, 3.05) is 11.9 Å². The Labute approximate surface area is 123 Å². The van der Waals surface area contributed by atoms with E-state index < -0.39 is 0 Å². The minimum Gasteiger partial charge on any atom is -0.374 e. The second-order valence-corrected chi connectivity index (χ2v) is 5.29. The molecule has 0 amide bonds. The first-order valence-corrected chi connectivity index (χ1v) is 6.98. The summed E-state index contributed by atoms with van der Waals surface area (Å²) in [6.07, 6.45) is 0. The quantitative estimate of drug-likeness (QED) is 0.887. The van der Waals surface area contributed by atoms with Gasteiger partial charge in [0.25, 0.3) is 0 Å². The first kappa shape index (κ1) is 13.2. The fourth-order valence-electron chi connectivity index (χ4n) is 2.47. The molecule has 0 saturated heterocycles. The van der Waals surface area contributed by atoms with E-state index >= 15 is 0 Å². The van der Waals surface area contributed by atoms with Crippen molar-refractivity contribution in [3.8, 4) is 0 Å².